The predicted molar refractivity (Wildman–Crippen MR) is 101 cm³/mol. The third-order valence-electron chi connectivity index (χ3n) is 5.01. The molecule has 130 valence electrons. The molecule has 5 rings (SSSR count). The molecule has 26 heavy (non-hydrogen) atoms. The Bertz CT molecular complexity index is 1030. The van der Waals surface area contributed by atoms with E-state index < -0.39 is 0 Å². The summed E-state index contributed by atoms with van der Waals surface area (Å²) in [5, 5.41) is 4.50. The molecule has 0 radical (unpaired) electrons. The number of anilines is 1. The van der Waals surface area contributed by atoms with Gasteiger partial charge in [-0.25, -0.2) is 15.0 Å². The number of H-pyrrole nitrogens is 1. The van der Waals surface area contributed by atoms with Gasteiger partial charge in [-0.2, -0.15) is 0 Å². The Balaban J connectivity index is 1.53. The van der Waals surface area contributed by atoms with Gasteiger partial charge in [-0.15, -0.1) is 0 Å². The second kappa shape index (κ2) is 6.29. The minimum atomic E-state index is 0.488. The Morgan fingerprint density at radius 2 is 2.04 bits per heavy atom. The molecule has 4 aromatic heterocycles. The van der Waals surface area contributed by atoms with Crippen molar-refractivity contribution in [3.8, 4) is 22.4 Å². The molecule has 4 aromatic rings. The molecule has 0 amide bonds. The van der Waals surface area contributed by atoms with Gasteiger partial charge in [0.15, 0.2) is 0 Å². The van der Waals surface area contributed by atoms with Crippen LogP contribution in [0.15, 0.2) is 53.7 Å². The zero-order valence-corrected chi connectivity index (χ0v) is 14.3. The molecular weight excluding hydrogens is 326 g/mol. The van der Waals surface area contributed by atoms with Crippen LogP contribution in [-0.2, 0) is 0 Å². The van der Waals surface area contributed by atoms with Crippen LogP contribution < -0.4 is 5.32 Å². The van der Waals surface area contributed by atoms with Crippen LogP contribution in [0.3, 0.4) is 0 Å². The van der Waals surface area contributed by atoms with E-state index in [2.05, 4.69) is 26.3 Å². The number of aromatic amines is 1. The van der Waals surface area contributed by atoms with Crippen molar-refractivity contribution < 1.29 is 4.42 Å². The van der Waals surface area contributed by atoms with Crippen molar-refractivity contribution in [2.45, 2.75) is 31.7 Å². The van der Waals surface area contributed by atoms with E-state index in [0.717, 1.165) is 33.4 Å². The molecule has 0 atom stereocenters. The van der Waals surface area contributed by atoms with Crippen molar-refractivity contribution in [1.82, 2.24) is 19.9 Å². The number of hydrogen-bond acceptors (Lipinski definition) is 5. The highest BCUT2D eigenvalue weighted by Gasteiger charge is 2.16. The van der Waals surface area contributed by atoms with Gasteiger partial charge in [-0.3, -0.25) is 0 Å². The molecule has 1 aliphatic carbocycles. The highest BCUT2D eigenvalue weighted by Crippen LogP contribution is 2.30. The third-order valence-corrected chi connectivity index (χ3v) is 5.01. The molecule has 2 N–H and O–H groups in total. The maximum absolute atomic E-state index is 5.19. The molecule has 6 heteroatoms. The number of aromatic nitrogens is 4. The SMILES string of the molecule is c1cc(-c2c[nH]c3ncc(-c4ccoc4)cc23)nc(NC2CCCC2)n1. The smallest absolute Gasteiger partial charge is 0.223 e. The molecule has 0 bridgehead atoms. The first-order valence-electron chi connectivity index (χ1n) is 8.96. The van der Waals surface area contributed by atoms with Crippen LogP contribution in [0.5, 0.6) is 0 Å². The zero-order chi connectivity index (χ0) is 17.3. The molecule has 0 unspecified atom stereocenters. The number of hydrogen-bond donors (Lipinski definition) is 2. The van der Waals surface area contributed by atoms with Gasteiger partial charge in [0.2, 0.25) is 5.95 Å². The van der Waals surface area contributed by atoms with Gasteiger partial charge in [-0.1, -0.05) is 12.8 Å². The number of furan rings is 1. The summed E-state index contributed by atoms with van der Waals surface area (Å²) in [6, 6.07) is 6.48. The average molecular weight is 345 g/mol. The summed E-state index contributed by atoms with van der Waals surface area (Å²) in [4.78, 5) is 16.9. The molecule has 0 aliphatic heterocycles. The van der Waals surface area contributed by atoms with E-state index in [1.165, 1.54) is 25.7 Å². The van der Waals surface area contributed by atoms with Crippen LogP contribution in [0.25, 0.3) is 33.4 Å². The monoisotopic (exact) mass is 345 g/mol. The first-order valence-corrected chi connectivity index (χ1v) is 8.96. The summed E-state index contributed by atoms with van der Waals surface area (Å²) in [5.41, 5.74) is 4.78. The van der Waals surface area contributed by atoms with Gasteiger partial charge in [0.25, 0.3) is 0 Å². The Labute approximate surface area is 150 Å². The van der Waals surface area contributed by atoms with E-state index >= 15 is 0 Å². The first kappa shape index (κ1) is 15.1. The number of pyridine rings is 1. The van der Waals surface area contributed by atoms with E-state index in [1.807, 2.05) is 30.7 Å². The standard InChI is InChI=1S/C20H19N5O/c1-2-4-15(3-1)24-20-21-7-5-18(25-20)17-11-23-19-16(17)9-14(10-22-19)13-6-8-26-12-13/h5-12,15H,1-4H2,(H,22,23)(H,21,24,25). The van der Waals surface area contributed by atoms with E-state index in [0.29, 0.717) is 12.0 Å². The molecule has 1 aliphatic rings. The number of nitrogens with zero attached hydrogens (tertiary/aromatic N) is 3. The number of fused-ring (bicyclic) bond motifs is 1. The van der Waals surface area contributed by atoms with Crippen molar-refractivity contribution in [2.75, 3.05) is 5.32 Å². The van der Waals surface area contributed by atoms with Gasteiger partial charge < -0.3 is 14.7 Å². The maximum Gasteiger partial charge on any atom is 0.223 e. The van der Waals surface area contributed by atoms with Gasteiger partial charge in [0.1, 0.15) is 5.65 Å². The van der Waals surface area contributed by atoms with Crippen molar-refractivity contribution in [3.05, 3.63) is 49.3 Å². The highest BCUT2D eigenvalue weighted by molar-refractivity contribution is 5.94. The second-order valence-corrected chi connectivity index (χ2v) is 6.73. The summed E-state index contributed by atoms with van der Waals surface area (Å²) in [6.07, 6.45) is 14.0. The lowest BCUT2D eigenvalue weighted by Gasteiger charge is -2.12. The topological polar surface area (TPSA) is 79.6 Å². The van der Waals surface area contributed by atoms with Crippen molar-refractivity contribution in [2.24, 2.45) is 0 Å². The molecule has 6 nitrogen and oxygen atoms in total. The van der Waals surface area contributed by atoms with Gasteiger partial charge in [0, 0.05) is 46.7 Å². The summed E-state index contributed by atoms with van der Waals surface area (Å²) in [5.74, 6) is 0.697. The molecule has 1 fully saturated rings. The lowest BCUT2D eigenvalue weighted by atomic mass is 10.1. The largest absolute Gasteiger partial charge is 0.472 e. The van der Waals surface area contributed by atoms with Crippen molar-refractivity contribution >= 4 is 17.0 Å². The minimum Gasteiger partial charge on any atom is -0.472 e. The van der Waals surface area contributed by atoms with Gasteiger partial charge in [-0.05, 0) is 31.0 Å². The second-order valence-electron chi connectivity index (χ2n) is 6.73. The Morgan fingerprint density at radius 1 is 1.12 bits per heavy atom. The van der Waals surface area contributed by atoms with Crippen LogP contribution in [0.2, 0.25) is 0 Å². The highest BCUT2D eigenvalue weighted by atomic mass is 16.3. The average Bonchev–Trinajstić information content (AvgIpc) is 3.43. The molecule has 4 heterocycles. The van der Waals surface area contributed by atoms with E-state index in [9.17, 15) is 0 Å². The first-order chi connectivity index (χ1) is 12.9. The number of rotatable bonds is 4. The Kier molecular flexibility index (Phi) is 3.66. The minimum absolute atomic E-state index is 0.488. The Hall–Kier alpha value is -3.15. The fraction of sp³-hybridized carbons (Fsp3) is 0.250. The van der Waals surface area contributed by atoms with Crippen LogP contribution in [-0.4, -0.2) is 26.0 Å². The predicted octanol–water partition coefficient (Wildman–Crippen LogP) is 4.63. The van der Waals surface area contributed by atoms with Gasteiger partial charge in [0.05, 0.1) is 18.2 Å². The summed E-state index contributed by atoms with van der Waals surface area (Å²) in [7, 11) is 0. The summed E-state index contributed by atoms with van der Waals surface area (Å²) in [6.45, 7) is 0. The zero-order valence-electron chi connectivity index (χ0n) is 14.3. The Morgan fingerprint density at radius 3 is 2.88 bits per heavy atom. The number of nitrogens with one attached hydrogen (secondary N) is 2. The van der Waals surface area contributed by atoms with Crippen molar-refractivity contribution in [1.29, 1.82) is 0 Å². The summed E-state index contributed by atoms with van der Waals surface area (Å²) >= 11 is 0. The van der Waals surface area contributed by atoms with Crippen LogP contribution in [0, 0.1) is 0 Å². The van der Waals surface area contributed by atoms with E-state index in [1.54, 1.807) is 12.5 Å². The lowest BCUT2D eigenvalue weighted by molar-refractivity contribution is 0.568. The molecule has 1 saturated carbocycles. The fourth-order valence-corrected chi connectivity index (χ4v) is 3.63. The lowest BCUT2D eigenvalue weighted by Crippen LogP contribution is -2.16. The molecule has 0 spiro atoms. The summed E-state index contributed by atoms with van der Waals surface area (Å²) < 4.78 is 5.19. The molecular formula is C20H19N5O. The fourth-order valence-electron chi connectivity index (χ4n) is 3.63. The maximum atomic E-state index is 5.19. The quantitative estimate of drug-likeness (QED) is 0.563. The van der Waals surface area contributed by atoms with E-state index in [-0.39, 0.29) is 0 Å². The normalized spacial score (nSPS) is 14.9. The van der Waals surface area contributed by atoms with Crippen LogP contribution in [0.1, 0.15) is 25.7 Å². The van der Waals surface area contributed by atoms with Gasteiger partial charge >= 0.3 is 0 Å². The third kappa shape index (κ3) is 2.73. The van der Waals surface area contributed by atoms with E-state index in [4.69, 9.17) is 9.40 Å². The van der Waals surface area contributed by atoms with Crippen LogP contribution >= 0.6 is 0 Å². The molecule has 0 saturated heterocycles. The van der Waals surface area contributed by atoms with Crippen LogP contribution in [0.4, 0.5) is 5.95 Å². The van der Waals surface area contributed by atoms with Crippen molar-refractivity contribution in [3.63, 3.8) is 0 Å². The molecule has 0 aromatic carbocycles.